The molecule has 1 aromatic carbocycles. The van der Waals surface area contributed by atoms with Crippen LogP contribution in [-0.2, 0) is 16.6 Å². The third-order valence-electron chi connectivity index (χ3n) is 2.42. The first-order chi connectivity index (χ1) is 8.06. The van der Waals surface area contributed by atoms with Crippen LogP contribution >= 0.6 is 15.9 Å². The SMILES string of the molecule is COc1ccc(CS(=O)CC(C)CN)cc1Br. The quantitative estimate of drug-likeness (QED) is 0.875. The van der Waals surface area contributed by atoms with E-state index in [0.29, 0.717) is 24.0 Å². The van der Waals surface area contributed by atoms with Crippen LogP contribution in [0.3, 0.4) is 0 Å². The lowest BCUT2D eigenvalue weighted by molar-refractivity contribution is 0.412. The number of hydrogen-bond acceptors (Lipinski definition) is 3. The van der Waals surface area contributed by atoms with Crippen LogP contribution in [0.25, 0.3) is 0 Å². The van der Waals surface area contributed by atoms with Crippen LogP contribution in [0.4, 0.5) is 0 Å². The summed E-state index contributed by atoms with van der Waals surface area (Å²) in [6.45, 7) is 2.60. The first-order valence-electron chi connectivity index (χ1n) is 5.44. The zero-order valence-corrected chi connectivity index (χ0v) is 12.5. The van der Waals surface area contributed by atoms with Gasteiger partial charge in [-0.25, -0.2) is 0 Å². The topological polar surface area (TPSA) is 52.3 Å². The van der Waals surface area contributed by atoms with E-state index in [1.807, 2.05) is 25.1 Å². The van der Waals surface area contributed by atoms with Crippen molar-refractivity contribution in [2.75, 3.05) is 19.4 Å². The standard InChI is InChI=1S/C12H18BrNO2S/c1-9(6-14)7-17(15)8-10-3-4-12(16-2)11(13)5-10/h3-5,9H,6-8,14H2,1-2H3. The van der Waals surface area contributed by atoms with Crippen molar-refractivity contribution >= 4 is 26.7 Å². The lowest BCUT2D eigenvalue weighted by Gasteiger charge is -2.09. The summed E-state index contributed by atoms with van der Waals surface area (Å²) in [6, 6.07) is 5.77. The molecule has 1 aromatic rings. The van der Waals surface area contributed by atoms with Crippen LogP contribution in [0.5, 0.6) is 5.75 Å². The lowest BCUT2D eigenvalue weighted by Crippen LogP contribution is -2.18. The molecule has 96 valence electrons. The van der Waals surface area contributed by atoms with Gasteiger partial charge in [0.05, 0.1) is 11.6 Å². The van der Waals surface area contributed by atoms with E-state index in [1.54, 1.807) is 7.11 Å². The highest BCUT2D eigenvalue weighted by atomic mass is 79.9. The van der Waals surface area contributed by atoms with Crippen molar-refractivity contribution in [1.82, 2.24) is 0 Å². The fraction of sp³-hybridized carbons (Fsp3) is 0.500. The largest absolute Gasteiger partial charge is 0.496 e. The second kappa shape index (κ2) is 7.13. The Bertz CT molecular complexity index is 398. The summed E-state index contributed by atoms with van der Waals surface area (Å²) >= 11 is 3.42. The molecule has 2 unspecified atom stereocenters. The smallest absolute Gasteiger partial charge is 0.133 e. The van der Waals surface area contributed by atoms with E-state index in [9.17, 15) is 4.21 Å². The van der Waals surface area contributed by atoms with Crippen LogP contribution in [0.1, 0.15) is 12.5 Å². The van der Waals surface area contributed by atoms with Crippen molar-refractivity contribution in [3.63, 3.8) is 0 Å². The molecule has 0 aliphatic heterocycles. The molecule has 0 fully saturated rings. The Kier molecular flexibility index (Phi) is 6.16. The summed E-state index contributed by atoms with van der Waals surface area (Å²) < 4.78 is 17.9. The second-order valence-corrected chi connectivity index (χ2v) is 6.42. The second-order valence-electron chi connectivity index (χ2n) is 4.06. The third-order valence-corrected chi connectivity index (χ3v) is 4.63. The molecule has 3 nitrogen and oxygen atoms in total. The van der Waals surface area contributed by atoms with Gasteiger partial charge in [0.1, 0.15) is 5.75 Å². The molecule has 0 amide bonds. The van der Waals surface area contributed by atoms with Gasteiger partial charge in [0.15, 0.2) is 0 Å². The van der Waals surface area contributed by atoms with Crippen LogP contribution in [0.15, 0.2) is 22.7 Å². The van der Waals surface area contributed by atoms with Crippen molar-refractivity contribution < 1.29 is 8.95 Å². The summed E-state index contributed by atoms with van der Waals surface area (Å²) in [4.78, 5) is 0. The van der Waals surface area contributed by atoms with E-state index < -0.39 is 10.8 Å². The van der Waals surface area contributed by atoms with E-state index >= 15 is 0 Å². The number of ether oxygens (including phenoxy) is 1. The van der Waals surface area contributed by atoms with Gasteiger partial charge in [-0.3, -0.25) is 4.21 Å². The summed E-state index contributed by atoms with van der Waals surface area (Å²) in [5.41, 5.74) is 6.56. The molecule has 0 heterocycles. The van der Waals surface area contributed by atoms with Gasteiger partial charge in [0.25, 0.3) is 0 Å². The van der Waals surface area contributed by atoms with Crippen molar-refractivity contribution in [3.8, 4) is 5.75 Å². The molecular weight excluding hydrogens is 302 g/mol. The average Bonchev–Trinajstić information content (AvgIpc) is 2.29. The maximum absolute atomic E-state index is 11.9. The van der Waals surface area contributed by atoms with Gasteiger partial charge in [0.2, 0.25) is 0 Å². The Morgan fingerprint density at radius 3 is 2.76 bits per heavy atom. The molecule has 0 aliphatic rings. The van der Waals surface area contributed by atoms with Gasteiger partial charge in [-0.15, -0.1) is 0 Å². The Labute approximate surface area is 113 Å². The van der Waals surface area contributed by atoms with E-state index in [1.165, 1.54) is 0 Å². The molecule has 17 heavy (non-hydrogen) atoms. The number of nitrogens with two attached hydrogens (primary N) is 1. The summed E-state index contributed by atoms with van der Waals surface area (Å²) in [6.07, 6.45) is 0. The Balaban J connectivity index is 2.63. The maximum atomic E-state index is 11.9. The van der Waals surface area contributed by atoms with E-state index in [0.717, 1.165) is 15.8 Å². The predicted molar refractivity (Wildman–Crippen MR) is 75.6 cm³/mol. The van der Waals surface area contributed by atoms with Gasteiger partial charge in [0, 0.05) is 22.3 Å². The van der Waals surface area contributed by atoms with Crippen molar-refractivity contribution in [2.45, 2.75) is 12.7 Å². The van der Waals surface area contributed by atoms with Crippen LogP contribution in [0.2, 0.25) is 0 Å². The molecule has 0 bridgehead atoms. The van der Waals surface area contributed by atoms with Crippen LogP contribution in [0, 0.1) is 5.92 Å². The summed E-state index contributed by atoms with van der Waals surface area (Å²) in [7, 11) is 0.766. The molecule has 2 N–H and O–H groups in total. The van der Waals surface area contributed by atoms with Crippen molar-refractivity contribution in [1.29, 1.82) is 0 Å². The molecule has 1 rings (SSSR count). The zero-order valence-electron chi connectivity index (χ0n) is 10.1. The highest BCUT2D eigenvalue weighted by Gasteiger charge is 2.08. The minimum atomic E-state index is -0.859. The van der Waals surface area contributed by atoms with E-state index in [4.69, 9.17) is 10.5 Å². The monoisotopic (exact) mass is 319 g/mol. The molecular formula is C12H18BrNO2S. The fourth-order valence-corrected chi connectivity index (χ4v) is 3.46. The normalized spacial score (nSPS) is 14.4. The average molecular weight is 320 g/mol. The summed E-state index contributed by atoms with van der Waals surface area (Å²) in [5.74, 6) is 2.31. The van der Waals surface area contributed by atoms with Gasteiger partial charge in [-0.05, 0) is 46.1 Å². The Hall–Kier alpha value is -0.390. The fourth-order valence-electron chi connectivity index (χ4n) is 1.43. The van der Waals surface area contributed by atoms with Gasteiger partial charge in [-0.1, -0.05) is 13.0 Å². The predicted octanol–water partition coefficient (Wildman–Crippen LogP) is 2.30. The number of rotatable bonds is 6. The van der Waals surface area contributed by atoms with Crippen molar-refractivity contribution in [2.24, 2.45) is 11.7 Å². The number of methoxy groups -OCH3 is 1. The van der Waals surface area contributed by atoms with E-state index in [-0.39, 0.29) is 0 Å². The molecule has 0 spiro atoms. The minimum absolute atomic E-state index is 0.303. The highest BCUT2D eigenvalue weighted by Crippen LogP contribution is 2.26. The Morgan fingerprint density at radius 2 is 2.24 bits per heavy atom. The molecule has 5 heteroatoms. The highest BCUT2D eigenvalue weighted by molar-refractivity contribution is 9.10. The zero-order chi connectivity index (χ0) is 12.8. The summed E-state index contributed by atoms with van der Waals surface area (Å²) in [5, 5.41) is 0. The van der Waals surface area contributed by atoms with Gasteiger partial charge >= 0.3 is 0 Å². The molecule has 0 aliphatic carbocycles. The third kappa shape index (κ3) is 4.77. The minimum Gasteiger partial charge on any atom is -0.496 e. The van der Waals surface area contributed by atoms with Gasteiger partial charge in [-0.2, -0.15) is 0 Å². The van der Waals surface area contributed by atoms with Crippen LogP contribution in [-0.4, -0.2) is 23.6 Å². The van der Waals surface area contributed by atoms with Crippen LogP contribution < -0.4 is 10.5 Å². The molecule has 2 atom stereocenters. The van der Waals surface area contributed by atoms with Crippen molar-refractivity contribution in [3.05, 3.63) is 28.2 Å². The van der Waals surface area contributed by atoms with Gasteiger partial charge < -0.3 is 10.5 Å². The molecule has 0 saturated heterocycles. The molecule has 0 saturated carbocycles. The number of benzene rings is 1. The van der Waals surface area contributed by atoms with E-state index in [2.05, 4.69) is 15.9 Å². The molecule has 0 radical (unpaired) electrons. The number of hydrogen-bond donors (Lipinski definition) is 1. The Morgan fingerprint density at radius 1 is 1.53 bits per heavy atom. The first-order valence-corrected chi connectivity index (χ1v) is 7.72. The maximum Gasteiger partial charge on any atom is 0.133 e. The number of halogens is 1. The lowest BCUT2D eigenvalue weighted by atomic mass is 10.2. The first kappa shape index (κ1) is 14.7. The molecule has 0 aromatic heterocycles.